The van der Waals surface area contributed by atoms with Crippen molar-refractivity contribution in [3.63, 3.8) is 0 Å². The average molecular weight is 295 g/mol. The maximum absolute atomic E-state index is 12.8. The summed E-state index contributed by atoms with van der Waals surface area (Å²) in [6.07, 6.45) is 0. The molecule has 0 aromatic heterocycles. The Balaban J connectivity index is 2.16. The highest BCUT2D eigenvalue weighted by Gasteiger charge is 2.25. The van der Waals surface area contributed by atoms with Gasteiger partial charge in [0.15, 0.2) is 5.78 Å². The van der Waals surface area contributed by atoms with Crippen LogP contribution >= 0.6 is 0 Å². The minimum atomic E-state index is -0.894. The number of benzene rings is 2. The summed E-state index contributed by atoms with van der Waals surface area (Å²) in [7, 11) is 1.94. The van der Waals surface area contributed by atoms with Crippen LogP contribution in [0.25, 0.3) is 0 Å². The first-order valence-corrected chi connectivity index (χ1v) is 7.19. The fraction of sp³-hybridized carbons (Fsp3) is 0.222. The van der Waals surface area contributed by atoms with Crippen molar-refractivity contribution in [1.82, 2.24) is 0 Å². The van der Waals surface area contributed by atoms with Gasteiger partial charge in [-0.25, -0.2) is 0 Å². The van der Waals surface area contributed by atoms with E-state index in [9.17, 15) is 14.7 Å². The Morgan fingerprint density at radius 2 is 1.91 bits per heavy atom. The lowest BCUT2D eigenvalue weighted by Gasteiger charge is -2.20. The molecule has 1 atom stereocenters. The van der Waals surface area contributed by atoms with E-state index < -0.39 is 11.9 Å². The Kier molecular flexibility index (Phi) is 3.45. The van der Waals surface area contributed by atoms with Gasteiger partial charge in [0.2, 0.25) is 0 Å². The second-order valence-corrected chi connectivity index (χ2v) is 5.68. The highest BCUT2D eigenvalue weighted by Crippen LogP contribution is 2.32. The Labute approximate surface area is 129 Å². The number of anilines is 1. The Bertz CT molecular complexity index is 767. The summed E-state index contributed by atoms with van der Waals surface area (Å²) in [6, 6.07) is 12.9. The van der Waals surface area contributed by atoms with Crippen molar-refractivity contribution in [3.05, 3.63) is 64.7 Å². The molecule has 22 heavy (non-hydrogen) atoms. The quantitative estimate of drug-likeness (QED) is 0.925. The van der Waals surface area contributed by atoms with Crippen LogP contribution in [-0.4, -0.2) is 23.9 Å². The van der Waals surface area contributed by atoms with Crippen LogP contribution in [0.15, 0.2) is 42.5 Å². The zero-order valence-corrected chi connectivity index (χ0v) is 12.5. The SMILES string of the molecule is CC(C(=O)O)c1ccc2c(c1)C(=O)c1ccccc1CN2C. The number of rotatable bonds is 2. The van der Waals surface area contributed by atoms with Crippen LogP contribution in [0.2, 0.25) is 0 Å². The molecule has 1 aliphatic rings. The molecule has 0 bridgehead atoms. The lowest BCUT2D eigenvalue weighted by molar-refractivity contribution is -0.138. The van der Waals surface area contributed by atoms with Crippen molar-refractivity contribution < 1.29 is 14.7 Å². The van der Waals surface area contributed by atoms with Gasteiger partial charge in [-0.15, -0.1) is 0 Å². The third-order valence-corrected chi connectivity index (χ3v) is 4.22. The summed E-state index contributed by atoms with van der Waals surface area (Å²) < 4.78 is 0. The smallest absolute Gasteiger partial charge is 0.310 e. The molecule has 1 unspecified atom stereocenters. The number of carbonyl (C=O) groups is 2. The van der Waals surface area contributed by atoms with E-state index in [0.29, 0.717) is 23.2 Å². The highest BCUT2D eigenvalue weighted by atomic mass is 16.4. The number of nitrogens with zero attached hydrogens (tertiary/aromatic N) is 1. The number of ketones is 1. The molecule has 0 aliphatic carbocycles. The van der Waals surface area contributed by atoms with Gasteiger partial charge >= 0.3 is 5.97 Å². The largest absolute Gasteiger partial charge is 0.481 e. The molecule has 1 N–H and O–H groups in total. The third kappa shape index (κ3) is 2.26. The van der Waals surface area contributed by atoms with Gasteiger partial charge in [0, 0.05) is 30.4 Å². The van der Waals surface area contributed by atoms with Crippen LogP contribution in [0.5, 0.6) is 0 Å². The van der Waals surface area contributed by atoms with Crippen molar-refractivity contribution in [2.75, 3.05) is 11.9 Å². The molecule has 2 aromatic rings. The summed E-state index contributed by atoms with van der Waals surface area (Å²) in [5.74, 6) is -1.58. The molecule has 0 amide bonds. The molecule has 112 valence electrons. The number of hydrogen-bond acceptors (Lipinski definition) is 3. The van der Waals surface area contributed by atoms with E-state index in [1.54, 1.807) is 19.1 Å². The fourth-order valence-corrected chi connectivity index (χ4v) is 2.85. The third-order valence-electron chi connectivity index (χ3n) is 4.22. The monoisotopic (exact) mass is 295 g/mol. The van der Waals surface area contributed by atoms with Crippen molar-refractivity contribution in [3.8, 4) is 0 Å². The van der Waals surface area contributed by atoms with E-state index in [1.165, 1.54) is 0 Å². The summed E-state index contributed by atoms with van der Waals surface area (Å²) in [6.45, 7) is 2.28. The molecule has 4 heteroatoms. The molecule has 4 nitrogen and oxygen atoms in total. The summed E-state index contributed by atoms with van der Waals surface area (Å²) in [5, 5.41) is 9.18. The Morgan fingerprint density at radius 1 is 1.18 bits per heavy atom. The van der Waals surface area contributed by atoms with Crippen LogP contribution < -0.4 is 4.90 Å². The van der Waals surface area contributed by atoms with Crippen molar-refractivity contribution in [2.24, 2.45) is 0 Å². The Hall–Kier alpha value is -2.62. The van der Waals surface area contributed by atoms with E-state index in [2.05, 4.69) is 0 Å². The Morgan fingerprint density at radius 3 is 2.64 bits per heavy atom. The number of carboxylic acid groups (broad SMARTS) is 1. The number of aliphatic carboxylic acids is 1. The number of carboxylic acids is 1. The zero-order valence-electron chi connectivity index (χ0n) is 12.5. The van der Waals surface area contributed by atoms with Gasteiger partial charge in [0.25, 0.3) is 0 Å². The first-order valence-electron chi connectivity index (χ1n) is 7.19. The maximum Gasteiger partial charge on any atom is 0.310 e. The molecule has 0 radical (unpaired) electrons. The van der Waals surface area contributed by atoms with Gasteiger partial charge in [0.05, 0.1) is 5.92 Å². The summed E-state index contributed by atoms with van der Waals surface area (Å²) >= 11 is 0. The van der Waals surface area contributed by atoms with Gasteiger partial charge < -0.3 is 10.0 Å². The molecule has 0 spiro atoms. The molecule has 2 aromatic carbocycles. The molecule has 3 rings (SSSR count). The highest BCUT2D eigenvalue weighted by molar-refractivity contribution is 6.14. The van der Waals surface area contributed by atoms with E-state index in [1.807, 2.05) is 42.3 Å². The van der Waals surface area contributed by atoms with Gasteiger partial charge in [-0.1, -0.05) is 30.3 Å². The minimum absolute atomic E-state index is 0.0469. The van der Waals surface area contributed by atoms with Crippen LogP contribution in [-0.2, 0) is 11.3 Å². The number of carbonyl (C=O) groups excluding carboxylic acids is 1. The number of fused-ring (bicyclic) bond motifs is 2. The predicted molar refractivity (Wildman–Crippen MR) is 84.5 cm³/mol. The summed E-state index contributed by atoms with van der Waals surface area (Å²) in [4.78, 5) is 26.1. The fourth-order valence-electron chi connectivity index (χ4n) is 2.85. The van der Waals surface area contributed by atoms with Gasteiger partial charge in [-0.2, -0.15) is 0 Å². The molecule has 0 fully saturated rings. The topological polar surface area (TPSA) is 57.6 Å². The molecular weight excluding hydrogens is 278 g/mol. The summed E-state index contributed by atoms with van der Waals surface area (Å²) in [5.41, 5.74) is 3.72. The van der Waals surface area contributed by atoms with Crippen molar-refractivity contribution in [2.45, 2.75) is 19.4 Å². The van der Waals surface area contributed by atoms with Crippen LogP contribution in [0.3, 0.4) is 0 Å². The van der Waals surface area contributed by atoms with Crippen LogP contribution in [0, 0.1) is 0 Å². The predicted octanol–water partition coefficient (Wildman–Crippen LogP) is 3.06. The molecule has 0 saturated carbocycles. The zero-order chi connectivity index (χ0) is 15.9. The molecular formula is C18H17NO3. The molecule has 1 heterocycles. The molecule has 0 saturated heterocycles. The van der Waals surface area contributed by atoms with Crippen LogP contribution in [0.1, 0.15) is 39.9 Å². The van der Waals surface area contributed by atoms with Crippen molar-refractivity contribution in [1.29, 1.82) is 0 Å². The first kappa shape index (κ1) is 14.3. The van der Waals surface area contributed by atoms with Crippen molar-refractivity contribution >= 4 is 17.4 Å². The van der Waals surface area contributed by atoms with Gasteiger partial charge in [0.1, 0.15) is 0 Å². The van der Waals surface area contributed by atoms with Gasteiger partial charge in [-0.3, -0.25) is 9.59 Å². The van der Waals surface area contributed by atoms with E-state index >= 15 is 0 Å². The lowest BCUT2D eigenvalue weighted by atomic mass is 9.94. The van der Waals surface area contributed by atoms with E-state index in [-0.39, 0.29) is 5.78 Å². The first-order chi connectivity index (χ1) is 10.5. The van der Waals surface area contributed by atoms with E-state index in [0.717, 1.165) is 11.3 Å². The van der Waals surface area contributed by atoms with E-state index in [4.69, 9.17) is 0 Å². The molecule has 1 aliphatic heterocycles. The average Bonchev–Trinajstić information content (AvgIpc) is 2.62. The van der Waals surface area contributed by atoms with Gasteiger partial charge in [-0.05, 0) is 30.2 Å². The number of hydrogen-bond donors (Lipinski definition) is 1. The maximum atomic E-state index is 12.8. The second kappa shape index (κ2) is 5.30. The van der Waals surface area contributed by atoms with Crippen LogP contribution in [0.4, 0.5) is 5.69 Å². The standard InChI is InChI=1S/C18H17NO3/c1-11(18(21)22)12-7-8-16-15(9-12)17(20)14-6-4-3-5-13(14)10-19(16)2/h3-9,11H,10H2,1-2H3,(H,21,22). The minimum Gasteiger partial charge on any atom is -0.481 e. The normalized spacial score (nSPS) is 14.8. The second-order valence-electron chi connectivity index (χ2n) is 5.68. The lowest BCUT2D eigenvalue weighted by Crippen LogP contribution is -2.17.